The summed E-state index contributed by atoms with van der Waals surface area (Å²) < 4.78 is 33.3. The van der Waals surface area contributed by atoms with Crippen LogP contribution in [0.1, 0.15) is 46.5 Å². The highest BCUT2D eigenvalue weighted by Gasteiger charge is 2.47. The van der Waals surface area contributed by atoms with Crippen LogP contribution in [0.15, 0.2) is 54.7 Å². The molecule has 0 aromatic heterocycles. The Labute approximate surface area is 191 Å². The number of allylic oxidation sites excluding steroid dienone is 1. The van der Waals surface area contributed by atoms with Crippen molar-refractivity contribution in [2.75, 3.05) is 17.6 Å². The van der Waals surface area contributed by atoms with Crippen LogP contribution in [0, 0.1) is 0 Å². The van der Waals surface area contributed by atoms with Crippen LogP contribution in [0.2, 0.25) is 0 Å². The monoisotopic (exact) mass is 473 g/mol. The lowest BCUT2D eigenvalue weighted by Crippen LogP contribution is -2.29. The molecule has 0 unspecified atom stereocenters. The first-order valence-corrected chi connectivity index (χ1v) is 11.8. The molecule has 0 saturated carbocycles. The molecule has 0 saturated heterocycles. The minimum atomic E-state index is -4.19. The van der Waals surface area contributed by atoms with Crippen LogP contribution < -0.4 is 5.32 Å². The van der Waals surface area contributed by atoms with Gasteiger partial charge in [-0.25, -0.2) is 9.59 Å². The van der Waals surface area contributed by atoms with E-state index in [1.807, 2.05) is 44.2 Å². The van der Waals surface area contributed by atoms with E-state index in [0.29, 0.717) is 17.0 Å². The minimum Gasteiger partial charge on any atom is -0.478 e. The van der Waals surface area contributed by atoms with Gasteiger partial charge in [0, 0.05) is 30.5 Å². The zero-order valence-corrected chi connectivity index (χ0v) is 19.0. The van der Waals surface area contributed by atoms with E-state index >= 15 is 0 Å². The second-order valence-corrected chi connectivity index (χ2v) is 9.75. The summed E-state index contributed by atoms with van der Waals surface area (Å²) in [6, 6.07) is 11.9. The first-order valence-electron chi connectivity index (χ1n) is 10.1. The van der Waals surface area contributed by atoms with Crippen LogP contribution in [0.4, 0.5) is 11.4 Å². The van der Waals surface area contributed by atoms with Crippen LogP contribution >= 0.6 is 0 Å². The van der Waals surface area contributed by atoms with E-state index in [4.69, 9.17) is 4.55 Å². The fourth-order valence-corrected chi connectivity index (χ4v) is 4.57. The molecule has 0 aliphatic carbocycles. The Hall–Kier alpha value is -3.50. The number of nitrogens with zero attached hydrogens (tertiary/aromatic N) is 1. The summed E-state index contributed by atoms with van der Waals surface area (Å²) in [5.41, 5.74) is 1.16. The molecule has 3 rings (SSSR count). The second-order valence-electron chi connectivity index (χ2n) is 8.17. The van der Waals surface area contributed by atoms with Crippen molar-refractivity contribution < 1.29 is 37.3 Å². The van der Waals surface area contributed by atoms with Gasteiger partial charge in [0.15, 0.2) is 5.71 Å². The molecule has 33 heavy (non-hydrogen) atoms. The first-order chi connectivity index (χ1) is 15.4. The van der Waals surface area contributed by atoms with Gasteiger partial charge < -0.3 is 15.5 Å². The third-order valence-corrected chi connectivity index (χ3v) is 6.30. The molecule has 2 aromatic carbocycles. The summed E-state index contributed by atoms with van der Waals surface area (Å²) in [4.78, 5) is 23.7. The minimum absolute atomic E-state index is 0.0531. The zero-order chi connectivity index (χ0) is 24.4. The normalized spacial score (nSPS) is 15.0. The number of fused-ring (bicyclic) bond motifs is 1. The molecule has 4 N–H and O–H groups in total. The number of rotatable bonds is 9. The Bertz CT molecular complexity index is 1260. The van der Waals surface area contributed by atoms with Gasteiger partial charge in [0.1, 0.15) is 6.54 Å². The number of nitrogens with one attached hydrogen (secondary N) is 1. The van der Waals surface area contributed by atoms with E-state index in [0.717, 1.165) is 11.8 Å². The number of aromatic carboxylic acids is 2. The van der Waals surface area contributed by atoms with Crippen LogP contribution in [0.25, 0.3) is 0 Å². The molecule has 10 heteroatoms. The summed E-state index contributed by atoms with van der Waals surface area (Å²) in [6.07, 6.45) is 3.50. The highest BCUT2D eigenvalue weighted by atomic mass is 32.2. The number of carboxylic acid groups (broad SMARTS) is 2. The largest absolute Gasteiger partial charge is 0.478 e. The lowest BCUT2D eigenvalue weighted by Gasteiger charge is -2.18. The summed E-state index contributed by atoms with van der Waals surface area (Å²) in [6.45, 7) is 3.77. The number of anilines is 1. The summed E-state index contributed by atoms with van der Waals surface area (Å²) >= 11 is 0. The van der Waals surface area contributed by atoms with Gasteiger partial charge >= 0.3 is 11.9 Å². The smallest absolute Gasteiger partial charge is 0.336 e. The maximum Gasteiger partial charge on any atom is 0.336 e. The number of hydrogen-bond acceptors (Lipinski definition) is 5. The van der Waals surface area contributed by atoms with E-state index in [1.54, 1.807) is 16.9 Å². The standard InChI is InChI=1S/C23H24N2O7S/c1-23(2)19(9-10-24-16-7-4-3-5-8-16)25(11-6-12-33(30,31)32)18-14-15(21(26)27)13-17(20(18)23)22(28)29/h3-5,7-10,13-14H,6,11-12H2,1-2H3,(H3,26,27,28,29,30,31,32)/p+1. The number of para-hydroxylation sites is 1. The Morgan fingerprint density at radius 3 is 2.33 bits per heavy atom. The molecule has 0 radical (unpaired) electrons. The van der Waals surface area contributed by atoms with Crippen molar-refractivity contribution in [2.24, 2.45) is 0 Å². The van der Waals surface area contributed by atoms with Crippen LogP contribution in [-0.4, -0.2) is 57.7 Å². The van der Waals surface area contributed by atoms with Gasteiger partial charge in [-0.05, 0) is 32.0 Å². The van der Waals surface area contributed by atoms with Crippen LogP contribution in [0.3, 0.4) is 0 Å². The molecule has 1 aliphatic heterocycles. The van der Waals surface area contributed by atoms with Gasteiger partial charge in [0.25, 0.3) is 10.1 Å². The molecule has 0 fully saturated rings. The SMILES string of the molecule is CC1(C)C(/C=C/Nc2ccccc2)=[N+](CCCS(=O)(=O)O)c2cc(C(=O)O)cc(C(=O)O)c21. The molecule has 0 atom stereocenters. The van der Waals surface area contributed by atoms with Crippen molar-refractivity contribution in [3.8, 4) is 0 Å². The molecular formula is C23H25N2O7S+. The summed E-state index contributed by atoms with van der Waals surface area (Å²) in [5, 5.41) is 22.4. The lowest BCUT2D eigenvalue weighted by atomic mass is 9.78. The Morgan fingerprint density at radius 2 is 1.76 bits per heavy atom. The quantitative estimate of drug-likeness (QED) is 0.321. The third-order valence-electron chi connectivity index (χ3n) is 5.49. The van der Waals surface area contributed by atoms with Crippen molar-refractivity contribution >= 4 is 39.1 Å². The highest BCUT2D eigenvalue weighted by Crippen LogP contribution is 2.43. The Morgan fingerprint density at radius 1 is 1.09 bits per heavy atom. The molecule has 0 amide bonds. The second kappa shape index (κ2) is 9.16. The molecule has 0 spiro atoms. The van der Waals surface area contributed by atoms with Gasteiger partial charge in [-0.3, -0.25) is 4.55 Å². The number of hydrogen-bond donors (Lipinski definition) is 4. The third kappa shape index (κ3) is 5.29. The fraction of sp³-hybridized carbons (Fsp3) is 0.261. The van der Waals surface area contributed by atoms with Crippen molar-refractivity contribution in [3.63, 3.8) is 0 Å². The Balaban J connectivity index is 2.13. The topological polar surface area (TPSA) is 144 Å². The molecule has 1 heterocycles. The van der Waals surface area contributed by atoms with E-state index in [1.165, 1.54) is 6.07 Å². The van der Waals surface area contributed by atoms with Crippen LogP contribution in [-0.2, 0) is 15.5 Å². The number of carboxylic acids is 2. The average Bonchev–Trinajstić information content (AvgIpc) is 2.94. The maximum atomic E-state index is 12.0. The Kier molecular flexibility index (Phi) is 6.71. The number of carbonyl (C=O) groups is 2. The summed E-state index contributed by atoms with van der Waals surface area (Å²) in [7, 11) is -4.19. The van der Waals surface area contributed by atoms with Gasteiger partial charge in [0.2, 0.25) is 5.69 Å². The molecule has 174 valence electrons. The molecule has 0 bridgehead atoms. The summed E-state index contributed by atoms with van der Waals surface area (Å²) in [5.74, 6) is -3.01. The van der Waals surface area contributed by atoms with Crippen molar-refractivity contribution in [1.29, 1.82) is 0 Å². The zero-order valence-electron chi connectivity index (χ0n) is 18.1. The van der Waals surface area contributed by atoms with E-state index in [9.17, 15) is 28.2 Å². The van der Waals surface area contributed by atoms with E-state index in [-0.39, 0.29) is 24.1 Å². The predicted molar refractivity (Wildman–Crippen MR) is 123 cm³/mol. The van der Waals surface area contributed by atoms with E-state index in [2.05, 4.69) is 5.32 Å². The molecule has 1 aliphatic rings. The van der Waals surface area contributed by atoms with Gasteiger partial charge in [-0.2, -0.15) is 13.0 Å². The van der Waals surface area contributed by atoms with Gasteiger partial charge in [0.05, 0.1) is 27.9 Å². The molecular weight excluding hydrogens is 448 g/mol. The van der Waals surface area contributed by atoms with Crippen molar-refractivity contribution in [2.45, 2.75) is 25.7 Å². The average molecular weight is 474 g/mol. The lowest BCUT2D eigenvalue weighted by molar-refractivity contribution is -0.437. The predicted octanol–water partition coefficient (Wildman–Crippen LogP) is 3.36. The fourth-order valence-electron chi connectivity index (χ4n) is 4.08. The van der Waals surface area contributed by atoms with E-state index < -0.39 is 33.2 Å². The number of benzene rings is 2. The molecule has 2 aromatic rings. The molecule has 9 nitrogen and oxygen atoms in total. The van der Waals surface area contributed by atoms with Crippen LogP contribution in [0.5, 0.6) is 0 Å². The van der Waals surface area contributed by atoms with Crippen molar-refractivity contribution in [1.82, 2.24) is 0 Å². The van der Waals surface area contributed by atoms with Crippen molar-refractivity contribution in [3.05, 3.63) is 71.4 Å². The first kappa shape index (κ1) is 24.1. The maximum absolute atomic E-state index is 12.0. The highest BCUT2D eigenvalue weighted by molar-refractivity contribution is 7.85. The van der Waals surface area contributed by atoms with Gasteiger partial charge in [-0.1, -0.05) is 18.2 Å². The van der Waals surface area contributed by atoms with Gasteiger partial charge in [-0.15, -0.1) is 0 Å².